The minimum absolute atomic E-state index is 0.0785. The summed E-state index contributed by atoms with van der Waals surface area (Å²) in [4.78, 5) is 23.2. The van der Waals surface area contributed by atoms with Gasteiger partial charge in [0.15, 0.2) is 0 Å². The standard InChI is InChI=1S/C16H22N4O2/c1-10(2)9-22-15-8-17-7-14(20-15)18-6-13-11(3)5-12(4)19-16(13)21/h5,7-8,10H,6,9H2,1-4H3,(H,18,20)(H,19,21). The van der Waals surface area contributed by atoms with Crippen molar-refractivity contribution in [3.05, 3.63) is 45.6 Å². The van der Waals surface area contributed by atoms with Gasteiger partial charge in [-0.15, -0.1) is 0 Å². The Bertz CT molecular complexity index is 695. The van der Waals surface area contributed by atoms with E-state index < -0.39 is 0 Å². The number of pyridine rings is 1. The van der Waals surface area contributed by atoms with Crippen LogP contribution in [0.5, 0.6) is 5.88 Å². The highest BCUT2D eigenvalue weighted by Gasteiger charge is 2.06. The van der Waals surface area contributed by atoms with E-state index in [0.29, 0.717) is 36.3 Å². The van der Waals surface area contributed by atoms with E-state index in [2.05, 4.69) is 34.1 Å². The smallest absolute Gasteiger partial charge is 0.253 e. The summed E-state index contributed by atoms with van der Waals surface area (Å²) >= 11 is 0. The molecule has 2 heterocycles. The number of rotatable bonds is 6. The van der Waals surface area contributed by atoms with E-state index >= 15 is 0 Å². The fraction of sp³-hybridized carbons (Fsp3) is 0.438. The summed E-state index contributed by atoms with van der Waals surface area (Å²) in [5.74, 6) is 1.49. The van der Waals surface area contributed by atoms with Crippen LogP contribution in [0.1, 0.15) is 30.7 Å². The normalized spacial score (nSPS) is 10.8. The number of ether oxygens (including phenoxy) is 1. The Morgan fingerprint density at radius 2 is 2.09 bits per heavy atom. The number of aromatic amines is 1. The quantitative estimate of drug-likeness (QED) is 0.856. The molecule has 0 amide bonds. The number of hydrogen-bond acceptors (Lipinski definition) is 5. The molecule has 0 atom stereocenters. The average molecular weight is 302 g/mol. The lowest BCUT2D eigenvalue weighted by atomic mass is 10.1. The third-order valence-corrected chi connectivity index (χ3v) is 3.12. The van der Waals surface area contributed by atoms with Gasteiger partial charge in [-0.05, 0) is 31.4 Å². The van der Waals surface area contributed by atoms with Gasteiger partial charge in [0, 0.05) is 17.8 Å². The average Bonchev–Trinajstić information content (AvgIpc) is 2.44. The zero-order chi connectivity index (χ0) is 16.1. The number of nitrogens with one attached hydrogen (secondary N) is 2. The van der Waals surface area contributed by atoms with Gasteiger partial charge < -0.3 is 15.0 Å². The Hall–Kier alpha value is -2.37. The van der Waals surface area contributed by atoms with Crippen molar-refractivity contribution >= 4 is 5.82 Å². The van der Waals surface area contributed by atoms with Crippen LogP contribution < -0.4 is 15.6 Å². The van der Waals surface area contributed by atoms with Crippen LogP contribution in [0.4, 0.5) is 5.82 Å². The molecule has 0 aromatic carbocycles. The fourth-order valence-electron chi connectivity index (χ4n) is 2.04. The first kappa shape index (κ1) is 16.0. The van der Waals surface area contributed by atoms with E-state index in [1.54, 1.807) is 12.4 Å². The topological polar surface area (TPSA) is 79.9 Å². The van der Waals surface area contributed by atoms with Gasteiger partial charge in [0.05, 0.1) is 19.0 Å². The zero-order valence-electron chi connectivity index (χ0n) is 13.4. The van der Waals surface area contributed by atoms with E-state index in [1.165, 1.54) is 0 Å². The van der Waals surface area contributed by atoms with Gasteiger partial charge in [-0.2, -0.15) is 4.98 Å². The molecule has 22 heavy (non-hydrogen) atoms. The summed E-state index contributed by atoms with van der Waals surface area (Å²) in [7, 11) is 0. The maximum atomic E-state index is 12.0. The van der Waals surface area contributed by atoms with Gasteiger partial charge >= 0.3 is 0 Å². The van der Waals surface area contributed by atoms with E-state index in [-0.39, 0.29) is 5.56 Å². The van der Waals surface area contributed by atoms with E-state index in [9.17, 15) is 4.79 Å². The summed E-state index contributed by atoms with van der Waals surface area (Å²) in [6.45, 7) is 8.92. The molecule has 2 aromatic heterocycles. The molecule has 0 aliphatic heterocycles. The largest absolute Gasteiger partial charge is 0.476 e. The van der Waals surface area contributed by atoms with Crippen molar-refractivity contribution in [3.63, 3.8) is 0 Å². The molecule has 0 spiro atoms. The number of anilines is 1. The molecule has 0 saturated heterocycles. The summed E-state index contributed by atoms with van der Waals surface area (Å²) in [5, 5.41) is 3.12. The van der Waals surface area contributed by atoms with E-state index in [4.69, 9.17) is 4.74 Å². The third kappa shape index (κ3) is 4.31. The van der Waals surface area contributed by atoms with Crippen molar-refractivity contribution in [2.24, 2.45) is 5.92 Å². The molecular weight excluding hydrogens is 280 g/mol. The Morgan fingerprint density at radius 3 is 2.77 bits per heavy atom. The van der Waals surface area contributed by atoms with Crippen LogP contribution >= 0.6 is 0 Å². The van der Waals surface area contributed by atoms with Crippen LogP contribution in [0.25, 0.3) is 0 Å². The number of aryl methyl sites for hydroxylation is 2. The van der Waals surface area contributed by atoms with E-state index in [0.717, 1.165) is 11.3 Å². The first-order chi connectivity index (χ1) is 10.5. The van der Waals surface area contributed by atoms with Crippen molar-refractivity contribution in [2.45, 2.75) is 34.2 Å². The van der Waals surface area contributed by atoms with Crippen molar-refractivity contribution in [1.82, 2.24) is 15.0 Å². The lowest BCUT2D eigenvalue weighted by Gasteiger charge is -2.10. The zero-order valence-corrected chi connectivity index (χ0v) is 13.4. The monoisotopic (exact) mass is 302 g/mol. The van der Waals surface area contributed by atoms with E-state index in [1.807, 2.05) is 19.9 Å². The number of nitrogens with zero attached hydrogens (tertiary/aromatic N) is 2. The predicted octanol–water partition coefficient (Wildman–Crippen LogP) is 2.43. The molecule has 6 heteroatoms. The molecule has 0 radical (unpaired) electrons. The number of H-pyrrole nitrogens is 1. The summed E-state index contributed by atoms with van der Waals surface area (Å²) in [6.07, 6.45) is 3.19. The second-order valence-electron chi connectivity index (χ2n) is 5.74. The second kappa shape index (κ2) is 7.06. The minimum Gasteiger partial charge on any atom is -0.476 e. The molecule has 0 unspecified atom stereocenters. The summed E-state index contributed by atoms with van der Waals surface area (Å²) in [5.41, 5.74) is 2.43. The van der Waals surface area contributed by atoms with Crippen LogP contribution in [0.15, 0.2) is 23.3 Å². The molecule has 6 nitrogen and oxygen atoms in total. The van der Waals surface area contributed by atoms with Crippen molar-refractivity contribution < 1.29 is 4.74 Å². The number of aromatic nitrogens is 3. The van der Waals surface area contributed by atoms with Crippen LogP contribution in [-0.4, -0.2) is 21.6 Å². The molecule has 118 valence electrons. The Balaban J connectivity index is 2.06. The van der Waals surface area contributed by atoms with Crippen molar-refractivity contribution in [3.8, 4) is 5.88 Å². The van der Waals surface area contributed by atoms with Gasteiger partial charge in [0.1, 0.15) is 5.82 Å². The third-order valence-electron chi connectivity index (χ3n) is 3.12. The number of hydrogen-bond donors (Lipinski definition) is 2. The maximum absolute atomic E-state index is 12.0. The summed E-state index contributed by atoms with van der Waals surface area (Å²) in [6, 6.07) is 1.95. The first-order valence-corrected chi connectivity index (χ1v) is 7.34. The molecule has 2 N–H and O–H groups in total. The minimum atomic E-state index is -0.0785. The SMILES string of the molecule is Cc1cc(C)c(CNc2cncc(OCC(C)C)n2)c(=O)[nH]1. The van der Waals surface area contributed by atoms with Gasteiger partial charge in [0.25, 0.3) is 5.56 Å². The van der Waals surface area contributed by atoms with Crippen molar-refractivity contribution in [1.29, 1.82) is 0 Å². The first-order valence-electron chi connectivity index (χ1n) is 7.34. The highest BCUT2D eigenvalue weighted by molar-refractivity contribution is 5.36. The predicted molar refractivity (Wildman–Crippen MR) is 86.2 cm³/mol. The lowest BCUT2D eigenvalue weighted by Crippen LogP contribution is -2.19. The van der Waals surface area contributed by atoms with Gasteiger partial charge in [0.2, 0.25) is 5.88 Å². The molecule has 0 fully saturated rings. The van der Waals surface area contributed by atoms with Crippen LogP contribution in [0.2, 0.25) is 0 Å². The fourth-order valence-corrected chi connectivity index (χ4v) is 2.04. The molecule has 2 rings (SSSR count). The Kier molecular flexibility index (Phi) is 5.14. The summed E-state index contributed by atoms with van der Waals surface area (Å²) < 4.78 is 5.54. The van der Waals surface area contributed by atoms with Crippen LogP contribution in [0, 0.1) is 19.8 Å². The Morgan fingerprint density at radius 1 is 1.32 bits per heavy atom. The molecule has 0 bridgehead atoms. The molecule has 0 saturated carbocycles. The van der Waals surface area contributed by atoms with Crippen molar-refractivity contribution in [2.75, 3.05) is 11.9 Å². The molecule has 2 aromatic rings. The van der Waals surface area contributed by atoms with Crippen LogP contribution in [0.3, 0.4) is 0 Å². The van der Waals surface area contributed by atoms with Crippen LogP contribution in [-0.2, 0) is 6.54 Å². The maximum Gasteiger partial charge on any atom is 0.253 e. The lowest BCUT2D eigenvalue weighted by molar-refractivity contribution is 0.260. The highest BCUT2D eigenvalue weighted by atomic mass is 16.5. The second-order valence-corrected chi connectivity index (χ2v) is 5.74. The van der Waals surface area contributed by atoms with Gasteiger partial charge in [-0.25, -0.2) is 0 Å². The highest BCUT2D eigenvalue weighted by Crippen LogP contribution is 2.12. The molecular formula is C16H22N4O2. The Labute approximate surface area is 130 Å². The van der Waals surface area contributed by atoms with Gasteiger partial charge in [-0.1, -0.05) is 13.8 Å². The molecule has 0 aliphatic carbocycles. The van der Waals surface area contributed by atoms with Gasteiger partial charge in [-0.3, -0.25) is 9.78 Å². The molecule has 0 aliphatic rings.